The monoisotopic (exact) mass is 486 g/mol. The Bertz CT molecular complexity index is 1180. The molecule has 0 unspecified atom stereocenters. The Labute approximate surface area is 185 Å². The summed E-state index contributed by atoms with van der Waals surface area (Å²) < 4.78 is 34.7. The van der Waals surface area contributed by atoms with E-state index in [1.54, 1.807) is 18.3 Å². The Morgan fingerprint density at radius 1 is 1.10 bits per heavy atom. The van der Waals surface area contributed by atoms with Crippen molar-refractivity contribution in [2.75, 3.05) is 0 Å². The van der Waals surface area contributed by atoms with Crippen LogP contribution in [0.5, 0.6) is 5.75 Å². The van der Waals surface area contributed by atoms with Crippen molar-refractivity contribution in [2.45, 2.75) is 25.9 Å². The molecule has 5 nitrogen and oxygen atoms in total. The van der Waals surface area contributed by atoms with Crippen LogP contribution in [-0.4, -0.2) is 21.3 Å². The molecule has 0 spiro atoms. The van der Waals surface area contributed by atoms with E-state index in [9.17, 15) is 18.7 Å². The summed E-state index contributed by atoms with van der Waals surface area (Å²) in [6.45, 7) is -0.254. The van der Waals surface area contributed by atoms with E-state index >= 15 is 0 Å². The van der Waals surface area contributed by atoms with Crippen molar-refractivity contribution in [1.29, 1.82) is 0 Å². The van der Waals surface area contributed by atoms with Gasteiger partial charge in [-0.15, -0.1) is 5.10 Å². The summed E-state index contributed by atoms with van der Waals surface area (Å²) in [7, 11) is 0. The molecule has 0 aliphatic heterocycles. The van der Waals surface area contributed by atoms with Crippen LogP contribution in [0.1, 0.15) is 46.4 Å². The summed E-state index contributed by atoms with van der Waals surface area (Å²) in [4.78, 5) is 11.3. The Kier molecular flexibility index (Phi) is 6.08. The van der Waals surface area contributed by atoms with E-state index in [0.29, 0.717) is 11.3 Å². The Hall–Kier alpha value is -3.13. The molecule has 0 bridgehead atoms. The molecule has 4 rings (SSSR count). The molecule has 158 valence electrons. The van der Waals surface area contributed by atoms with Gasteiger partial charge in [-0.2, -0.15) is 5.10 Å². The number of halogens is 3. The predicted molar refractivity (Wildman–Crippen MR) is 114 cm³/mol. The van der Waals surface area contributed by atoms with Gasteiger partial charge < -0.3 is 9.84 Å². The van der Waals surface area contributed by atoms with Gasteiger partial charge in [0.15, 0.2) is 5.69 Å². The summed E-state index contributed by atoms with van der Waals surface area (Å²) in [6.07, 6.45) is 3.92. The first kappa shape index (κ1) is 21.1. The topological polar surface area (TPSA) is 72.3 Å². The zero-order valence-corrected chi connectivity index (χ0v) is 17.8. The van der Waals surface area contributed by atoms with Gasteiger partial charge in [0.05, 0.1) is 11.8 Å². The van der Waals surface area contributed by atoms with Gasteiger partial charge in [-0.25, -0.2) is 13.6 Å². The number of aromatic nitrogens is 2. The second kappa shape index (κ2) is 8.93. The molecule has 2 aromatic carbocycles. The molecule has 1 aliphatic rings. The van der Waals surface area contributed by atoms with E-state index in [2.05, 4.69) is 26.1 Å². The van der Waals surface area contributed by atoms with Crippen LogP contribution in [0.3, 0.4) is 0 Å². The van der Waals surface area contributed by atoms with Gasteiger partial charge in [-0.3, -0.25) is 0 Å². The maximum atomic E-state index is 14.0. The second-order valence-corrected chi connectivity index (χ2v) is 7.99. The fourth-order valence-corrected chi connectivity index (χ4v) is 4.04. The highest BCUT2D eigenvalue weighted by molar-refractivity contribution is 9.10. The minimum Gasteiger partial charge on any atom is -0.488 e. The Morgan fingerprint density at radius 3 is 2.58 bits per heavy atom. The maximum Gasteiger partial charge on any atom is 0.356 e. The molecule has 8 heteroatoms. The van der Waals surface area contributed by atoms with Crippen LogP contribution in [0.2, 0.25) is 0 Å². The predicted octanol–water partition coefficient (Wildman–Crippen LogP) is 5.89. The van der Waals surface area contributed by atoms with Crippen molar-refractivity contribution in [3.8, 4) is 5.75 Å². The van der Waals surface area contributed by atoms with E-state index in [-0.39, 0.29) is 17.9 Å². The lowest BCUT2D eigenvalue weighted by molar-refractivity contribution is 0.0689. The maximum absolute atomic E-state index is 14.0. The van der Waals surface area contributed by atoms with Gasteiger partial charge in [-0.1, -0.05) is 22.0 Å². The van der Waals surface area contributed by atoms with Crippen molar-refractivity contribution < 1.29 is 23.4 Å². The fourth-order valence-electron chi connectivity index (χ4n) is 3.68. The van der Waals surface area contributed by atoms with E-state index in [0.717, 1.165) is 40.4 Å². The standard InChI is InChI=1S/C23H17BrF2N2O3/c24-14-7-8-22(31-12-18-19(25)5-2-6-20(18)26)17(10-14)16-4-1-3-15(16)13-9-21(23(29)30)28-27-11-13/h2,5-11H,1,3-4,12H2,(H,29,30). The van der Waals surface area contributed by atoms with E-state index < -0.39 is 17.6 Å². The number of rotatable bonds is 6. The zero-order chi connectivity index (χ0) is 22.0. The molecule has 31 heavy (non-hydrogen) atoms. The Balaban J connectivity index is 1.73. The van der Waals surface area contributed by atoms with Gasteiger partial charge in [0.1, 0.15) is 24.0 Å². The molecular weight excluding hydrogens is 470 g/mol. The number of ether oxygens (including phenoxy) is 1. The van der Waals surface area contributed by atoms with Crippen LogP contribution in [0.25, 0.3) is 11.1 Å². The van der Waals surface area contributed by atoms with Crippen LogP contribution in [0.15, 0.2) is 53.1 Å². The SMILES string of the molecule is O=C(O)c1cc(C2=C(c3cc(Br)ccc3OCc3c(F)cccc3F)CCC2)cnn1. The van der Waals surface area contributed by atoms with Crippen molar-refractivity contribution in [3.63, 3.8) is 0 Å². The lowest BCUT2D eigenvalue weighted by atomic mass is 9.97. The lowest BCUT2D eigenvalue weighted by Crippen LogP contribution is -2.04. The number of nitrogens with zero attached hydrogens (tertiary/aromatic N) is 2. The molecule has 0 amide bonds. The number of allylic oxidation sites excluding steroid dienone is 2. The number of aromatic carboxylic acids is 1. The lowest BCUT2D eigenvalue weighted by Gasteiger charge is -2.15. The number of hydrogen-bond donors (Lipinski definition) is 1. The van der Waals surface area contributed by atoms with Gasteiger partial charge in [0.2, 0.25) is 0 Å². The Morgan fingerprint density at radius 2 is 1.84 bits per heavy atom. The molecule has 0 fully saturated rings. The highest BCUT2D eigenvalue weighted by Gasteiger charge is 2.22. The highest BCUT2D eigenvalue weighted by atomic mass is 79.9. The minimum atomic E-state index is -1.15. The number of benzene rings is 2. The molecule has 0 radical (unpaired) electrons. The summed E-state index contributed by atoms with van der Waals surface area (Å²) in [5.74, 6) is -1.99. The summed E-state index contributed by atoms with van der Waals surface area (Å²) in [5, 5.41) is 16.7. The van der Waals surface area contributed by atoms with Crippen LogP contribution < -0.4 is 4.74 Å². The summed E-state index contributed by atoms with van der Waals surface area (Å²) >= 11 is 3.47. The van der Waals surface area contributed by atoms with E-state index in [1.807, 2.05) is 6.07 Å². The molecule has 0 atom stereocenters. The van der Waals surface area contributed by atoms with Crippen molar-refractivity contribution >= 4 is 33.0 Å². The van der Waals surface area contributed by atoms with Gasteiger partial charge >= 0.3 is 5.97 Å². The second-order valence-electron chi connectivity index (χ2n) is 7.07. The van der Waals surface area contributed by atoms with Crippen molar-refractivity contribution in [1.82, 2.24) is 10.2 Å². The van der Waals surface area contributed by atoms with Gasteiger partial charge in [0.25, 0.3) is 0 Å². The first-order valence-corrected chi connectivity index (χ1v) is 10.4. The first-order chi connectivity index (χ1) is 14.9. The third-order valence-corrected chi connectivity index (χ3v) is 5.63. The molecule has 0 saturated heterocycles. The number of carbonyl (C=O) groups is 1. The van der Waals surface area contributed by atoms with E-state index in [4.69, 9.17) is 4.74 Å². The average Bonchev–Trinajstić information content (AvgIpc) is 3.24. The largest absolute Gasteiger partial charge is 0.488 e. The van der Waals surface area contributed by atoms with Crippen LogP contribution >= 0.6 is 15.9 Å². The average molecular weight is 487 g/mol. The van der Waals surface area contributed by atoms with Crippen molar-refractivity contribution in [3.05, 3.63) is 87.2 Å². The molecule has 3 aromatic rings. The van der Waals surface area contributed by atoms with Crippen LogP contribution in [0, 0.1) is 11.6 Å². The normalized spacial score (nSPS) is 13.5. The third-order valence-electron chi connectivity index (χ3n) is 5.14. The number of carboxylic acids is 1. The quantitative estimate of drug-likeness (QED) is 0.470. The zero-order valence-electron chi connectivity index (χ0n) is 16.2. The van der Waals surface area contributed by atoms with Gasteiger partial charge in [-0.05, 0) is 66.8 Å². The van der Waals surface area contributed by atoms with Gasteiger partial charge in [0, 0.05) is 15.6 Å². The number of carboxylic acid groups (broad SMARTS) is 1. The number of hydrogen-bond acceptors (Lipinski definition) is 4. The molecule has 1 aliphatic carbocycles. The molecule has 1 heterocycles. The minimum absolute atomic E-state index is 0.128. The smallest absolute Gasteiger partial charge is 0.356 e. The summed E-state index contributed by atoms with van der Waals surface area (Å²) in [6, 6.07) is 10.6. The molecule has 1 aromatic heterocycles. The summed E-state index contributed by atoms with van der Waals surface area (Å²) in [5.41, 5.74) is 3.14. The van der Waals surface area contributed by atoms with E-state index in [1.165, 1.54) is 24.3 Å². The fraction of sp³-hybridized carbons (Fsp3) is 0.174. The first-order valence-electron chi connectivity index (χ1n) is 9.58. The molecule has 0 saturated carbocycles. The molecule has 1 N–H and O–H groups in total. The van der Waals surface area contributed by atoms with Crippen molar-refractivity contribution in [2.24, 2.45) is 0 Å². The highest BCUT2D eigenvalue weighted by Crippen LogP contribution is 2.43. The van der Waals surface area contributed by atoms with Crippen LogP contribution in [-0.2, 0) is 6.61 Å². The van der Waals surface area contributed by atoms with Crippen LogP contribution in [0.4, 0.5) is 8.78 Å². The third kappa shape index (κ3) is 4.49. The molecular formula is C23H17BrF2N2O3.